The van der Waals surface area contributed by atoms with Gasteiger partial charge in [-0.1, -0.05) is 39.6 Å². The van der Waals surface area contributed by atoms with Crippen molar-refractivity contribution in [2.45, 2.75) is 19.9 Å². The topological polar surface area (TPSA) is 51.1 Å². The van der Waals surface area contributed by atoms with Gasteiger partial charge in [0.2, 0.25) is 5.91 Å². The summed E-state index contributed by atoms with van der Waals surface area (Å²) in [6.07, 6.45) is 0. The van der Waals surface area contributed by atoms with Crippen LogP contribution in [-0.2, 0) is 4.79 Å². The van der Waals surface area contributed by atoms with Crippen LogP contribution in [0.25, 0.3) is 10.1 Å². The third kappa shape index (κ3) is 3.09. The minimum absolute atomic E-state index is 0.125. The molecule has 0 aliphatic heterocycles. The fourth-order valence-corrected chi connectivity index (χ4v) is 3.61. The average molecular weight is 391 g/mol. The van der Waals surface area contributed by atoms with E-state index in [0.717, 1.165) is 20.4 Å². The Morgan fingerprint density at radius 2 is 2.00 bits per heavy atom. The van der Waals surface area contributed by atoms with E-state index in [9.17, 15) is 9.59 Å². The number of aromatic nitrogens is 1. The molecule has 0 aliphatic carbocycles. The van der Waals surface area contributed by atoms with Crippen LogP contribution in [0.2, 0.25) is 0 Å². The maximum atomic E-state index is 12.5. The zero-order chi connectivity index (χ0) is 16.6. The Balaban J connectivity index is 1.87. The summed E-state index contributed by atoms with van der Waals surface area (Å²) in [4.78, 5) is 24.9. The summed E-state index contributed by atoms with van der Waals surface area (Å²) in [5.41, 5.74) is 1.63. The molecule has 4 nitrogen and oxygen atoms in total. The largest absolute Gasteiger partial charge is 0.324 e. The van der Waals surface area contributed by atoms with Gasteiger partial charge in [-0.15, -0.1) is 0 Å². The molecule has 3 aromatic rings. The summed E-state index contributed by atoms with van der Waals surface area (Å²) in [6, 6.07) is 12.4. The molecule has 0 aliphatic rings. The molecule has 0 bridgehead atoms. The standard InChI is InChI=1S/C17H15BrN2O2S/c1-10-9-12(7-8-14(10)18)19-16(21)11(2)20-17(22)13-5-3-4-6-15(13)23-20/h3-9,11H,1-2H3,(H,19,21)/t11-/m1/s1. The van der Waals surface area contributed by atoms with Gasteiger partial charge in [0.25, 0.3) is 5.56 Å². The third-order valence-corrected chi connectivity index (χ3v) is 5.79. The van der Waals surface area contributed by atoms with Crippen LogP contribution in [0.4, 0.5) is 5.69 Å². The second kappa shape index (κ2) is 6.29. The van der Waals surface area contributed by atoms with Gasteiger partial charge in [-0.25, -0.2) is 0 Å². The highest BCUT2D eigenvalue weighted by Gasteiger charge is 2.19. The van der Waals surface area contributed by atoms with E-state index in [1.165, 1.54) is 15.5 Å². The van der Waals surface area contributed by atoms with Crippen molar-refractivity contribution in [2.75, 3.05) is 5.32 Å². The first-order valence-electron chi connectivity index (χ1n) is 7.15. The molecule has 1 amide bonds. The van der Waals surface area contributed by atoms with E-state index >= 15 is 0 Å². The lowest BCUT2D eigenvalue weighted by atomic mass is 10.2. The summed E-state index contributed by atoms with van der Waals surface area (Å²) in [7, 11) is 0. The van der Waals surface area contributed by atoms with Crippen LogP contribution in [0.15, 0.2) is 51.7 Å². The summed E-state index contributed by atoms with van der Waals surface area (Å²) in [5.74, 6) is -0.208. The predicted octanol–water partition coefficient (Wildman–Crippen LogP) is 4.33. The number of carbonyl (C=O) groups excluding carboxylic acids is 1. The van der Waals surface area contributed by atoms with Crippen LogP contribution >= 0.6 is 27.5 Å². The van der Waals surface area contributed by atoms with Crippen LogP contribution < -0.4 is 10.9 Å². The lowest BCUT2D eigenvalue weighted by Crippen LogP contribution is -2.28. The summed E-state index contributed by atoms with van der Waals surface area (Å²) in [5, 5.41) is 3.52. The fraction of sp³-hybridized carbons (Fsp3) is 0.176. The molecular weight excluding hydrogens is 376 g/mol. The minimum Gasteiger partial charge on any atom is -0.324 e. The summed E-state index contributed by atoms with van der Waals surface area (Å²) in [6.45, 7) is 3.69. The quantitative estimate of drug-likeness (QED) is 0.723. The number of rotatable bonds is 3. The Morgan fingerprint density at radius 1 is 1.26 bits per heavy atom. The molecule has 0 saturated heterocycles. The zero-order valence-corrected chi connectivity index (χ0v) is 15.1. The van der Waals surface area contributed by atoms with Crippen LogP contribution in [0.3, 0.4) is 0 Å². The molecule has 23 heavy (non-hydrogen) atoms. The Hall–Kier alpha value is -1.92. The molecule has 0 fully saturated rings. The molecule has 0 spiro atoms. The SMILES string of the molecule is Cc1cc(NC(=O)[C@@H](C)n2sc3ccccc3c2=O)ccc1Br. The molecule has 1 atom stereocenters. The van der Waals surface area contributed by atoms with Gasteiger partial charge < -0.3 is 5.32 Å². The fourth-order valence-electron chi connectivity index (χ4n) is 2.32. The number of hydrogen-bond acceptors (Lipinski definition) is 3. The van der Waals surface area contributed by atoms with Crippen molar-refractivity contribution in [3.8, 4) is 0 Å². The molecule has 1 N–H and O–H groups in total. The summed E-state index contributed by atoms with van der Waals surface area (Å²) < 4.78 is 3.40. The first kappa shape index (κ1) is 16.0. The van der Waals surface area contributed by atoms with E-state index in [2.05, 4.69) is 21.2 Å². The van der Waals surface area contributed by atoms with Crippen LogP contribution in [0.1, 0.15) is 18.5 Å². The van der Waals surface area contributed by atoms with E-state index in [1.54, 1.807) is 13.0 Å². The van der Waals surface area contributed by atoms with Crippen LogP contribution in [0.5, 0.6) is 0 Å². The summed E-state index contributed by atoms with van der Waals surface area (Å²) >= 11 is 4.75. The van der Waals surface area contributed by atoms with Crippen molar-refractivity contribution < 1.29 is 4.79 Å². The number of benzene rings is 2. The Bertz CT molecular complexity index is 945. The molecule has 6 heteroatoms. The van der Waals surface area contributed by atoms with Crippen LogP contribution in [-0.4, -0.2) is 9.86 Å². The highest BCUT2D eigenvalue weighted by atomic mass is 79.9. The van der Waals surface area contributed by atoms with Gasteiger partial charge in [0, 0.05) is 10.2 Å². The average Bonchev–Trinajstić information content (AvgIpc) is 2.87. The van der Waals surface area contributed by atoms with Crippen molar-refractivity contribution in [3.05, 3.63) is 62.9 Å². The smallest absolute Gasteiger partial charge is 0.269 e. The monoisotopic (exact) mass is 390 g/mol. The van der Waals surface area contributed by atoms with E-state index in [0.29, 0.717) is 5.39 Å². The second-order valence-electron chi connectivity index (χ2n) is 5.35. The number of hydrogen-bond donors (Lipinski definition) is 1. The maximum Gasteiger partial charge on any atom is 0.269 e. The molecule has 0 unspecified atom stereocenters. The van der Waals surface area contributed by atoms with E-state index in [4.69, 9.17) is 0 Å². The van der Waals surface area contributed by atoms with Gasteiger partial charge in [-0.05, 0) is 49.7 Å². The minimum atomic E-state index is -0.566. The highest BCUT2D eigenvalue weighted by Crippen LogP contribution is 2.23. The van der Waals surface area contributed by atoms with Gasteiger partial charge in [-0.3, -0.25) is 13.5 Å². The lowest BCUT2D eigenvalue weighted by Gasteiger charge is -2.13. The Morgan fingerprint density at radius 3 is 2.70 bits per heavy atom. The van der Waals surface area contributed by atoms with Crippen molar-refractivity contribution in [1.82, 2.24) is 3.96 Å². The van der Waals surface area contributed by atoms with Gasteiger partial charge >= 0.3 is 0 Å². The third-order valence-electron chi connectivity index (χ3n) is 3.67. The number of nitrogens with zero attached hydrogens (tertiary/aromatic N) is 1. The predicted molar refractivity (Wildman–Crippen MR) is 98.3 cm³/mol. The number of amides is 1. The van der Waals surface area contributed by atoms with Crippen molar-refractivity contribution >= 4 is 49.1 Å². The molecular formula is C17H15BrN2O2S. The van der Waals surface area contributed by atoms with E-state index < -0.39 is 6.04 Å². The van der Waals surface area contributed by atoms with Crippen molar-refractivity contribution in [3.63, 3.8) is 0 Å². The number of nitrogens with one attached hydrogen (secondary N) is 1. The normalized spacial score (nSPS) is 12.3. The lowest BCUT2D eigenvalue weighted by molar-refractivity contribution is -0.118. The number of aryl methyl sites for hydroxylation is 1. The highest BCUT2D eigenvalue weighted by molar-refractivity contribution is 9.10. The number of halogens is 1. The molecule has 118 valence electrons. The van der Waals surface area contributed by atoms with E-state index in [-0.39, 0.29) is 11.5 Å². The Kier molecular flexibility index (Phi) is 4.37. The maximum absolute atomic E-state index is 12.5. The molecule has 3 rings (SSSR count). The first-order valence-corrected chi connectivity index (χ1v) is 8.71. The molecule has 0 radical (unpaired) electrons. The molecule has 2 aromatic carbocycles. The number of anilines is 1. The second-order valence-corrected chi connectivity index (χ2v) is 7.22. The molecule has 1 heterocycles. The Labute approximate surface area is 146 Å². The van der Waals surface area contributed by atoms with Crippen molar-refractivity contribution in [1.29, 1.82) is 0 Å². The van der Waals surface area contributed by atoms with Crippen LogP contribution in [0, 0.1) is 6.92 Å². The molecule has 0 saturated carbocycles. The van der Waals surface area contributed by atoms with Gasteiger partial charge in [0.05, 0.1) is 10.1 Å². The van der Waals surface area contributed by atoms with E-state index in [1.807, 2.05) is 43.3 Å². The zero-order valence-electron chi connectivity index (χ0n) is 12.7. The van der Waals surface area contributed by atoms with Gasteiger partial charge in [0.1, 0.15) is 6.04 Å². The van der Waals surface area contributed by atoms with Gasteiger partial charge in [-0.2, -0.15) is 0 Å². The first-order chi connectivity index (χ1) is 11.0. The number of fused-ring (bicyclic) bond motifs is 1. The molecule has 1 aromatic heterocycles. The van der Waals surface area contributed by atoms with Crippen molar-refractivity contribution in [2.24, 2.45) is 0 Å². The van der Waals surface area contributed by atoms with Gasteiger partial charge in [0.15, 0.2) is 0 Å². The number of carbonyl (C=O) groups is 1.